The maximum absolute atomic E-state index is 12.9. The minimum absolute atomic E-state index is 0.0215. The Balaban J connectivity index is 1.61. The number of rotatable bonds is 9. The van der Waals surface area contributed by atoms with Crippen molar-refractivity contribution in [1.29, 1.82) is 0 Å². The summed E-state index contributed by atoms with van der Waals surface area (Å²) in [6.07, 6.45) is -1.32. The normalized spacial score (nSPS) is 16.0. The highest BCUT2D eigenvalue weighted by molar-refractivity contribution is 6.30. The number of para-hydroxylation sites is 1. The molecule has 1 aliphatic rings. The molecular formula is C22H25ClN2O7. The Morgan fingerprint density at radius 3 is 2.69 bits per heavy atom. The molecule has 0 saturated heterocycles. The molecule has 3 rings (SSSR count). The van der Waals surface area contributed by atoms with Crippen molar-refractivity contribution in [3.05, 3.63) is 68.7 Å². The molecule has 0 bridgehead atoms. The van der Waals surface area contributed by atoms with Gasteiger partial charge in [-0.05, 0) is 44.2 Å². The highest BCUT2D eigenvalue weighted by atomic mass is 35.5. The summed E-state index contributed by atoms with van der Waals surface area (Å²) in [5.41, 5.74) is 1.20. The molecule has 2 aromatic carbocycles. The number of benzene rings is 2. The van der Waals surface area contributed by atoms with E-state index in [2.05, 4.69) is 4.84 Å². The standard InChI is InChI=1S/C22H25ClN2O7/c1-14(2)24(22(27)15-6-8-17(23)9-7-15)11-18(26)12-30-20-5-3-4-16-10-19(32-25(28)29)13-31-21(16)20/h3-9,14,18-19,26H,10-13H2,1-2H3. The zero-order valence-electron chi connectivity index (χ0n) is 17.8. The minimum atomic E-state index is -0.946. The van der Waals surface area contributed by atoms with Crippen LogP contribution in [-0.2, 0) is 11.3 Å². The number of carbonyl (C=O) groups is 1. The Hall–Kier alpha value is -3.04. The van der Waals surface area contributed by atoms with E-state index in [-0.39, 0.29) is 31.7 Å². The number of halogens is 1. The maximum atomic E-state index is 12.9. The van der Waals surface area contributed by atoms with Gasteiger partial charge in [0.2, 0.25) is 0 Å². The lowest BCUT2D eigenvalue weighted by Crippen LogP contribution is -2.43. The summed E-state index contributed by atoms with van der Waals surface area (Å²) in [5.74, 6) is 0.676. The summed E-state index contributed by atoms with van der Waals surface area (Å²) in [7, 11) is 0. The molecule has 2 unspecified atom stereocenters. The van der Waals surface area contributed by atoms with E-state index in [1.807, 2.05) is 13.8 Å². The third-order valence-electron chi connectivity index (χ3n) is 4.97. The van der Waals surface area contributed by atoms with Gasteiger partial charge in [0, 0.05) is 28.6 Å². The van der Waals surface area contributed by atoms with E-state index in [1.165, 1.54) is 0 Å². The van der Waals surface area contributed by atoms with E-state index in [0.29, 0.717) is 28.5 Å². The molecule has 1 amide bonds. The van der Waals surface area contributed by atoms with Gasteiger partial charge in [-0.2, -0.15) is 0 Å². The van der Waals surface area contributed by atoms with Gasteiger partial charge in [-0.3, -0.25) is 4.79 Å². The van der Waals surface area contributed by atoms with Crippen LogP contribution in [0.3, 0.4) is 0 Å². The molecule has 1 aliphatic heterocycles. The van der Waals surface area contributed by atoms with Gasteiger partial charge in [-0.15, -0.1) is 10.1 Å². The number of fused-ring (bicyclic) bond motifs is 1. The molecule has 2 atom stereocenters. The highest BCUT2D eigenvalue weighted by Crippen LogP contribution is 2.35. The number of amides is 1. The van der Waals surface area contributed by atoms with E-state index < -0.39 is 17.3 Å². The number of aliphatic hydroxyl groups excluding tert-OH is 1. The molecule has 0 saturated carbocycles. The molecule has 0 radical (unpaired) electrons. The van der Waals surface area contributed by atoms with Crippen molar-refractivity contribution >= 4 is 17.5 Å². The van der Waals surface area contributed by atoms with Gasteiger partial charge in [-0.25, -0.2) is 0 Å². The molecule has 10 heteroatoms. The van der Waals surface area contributed by atoms with E-state index in [0.717, 1.165) is 5.56 Å². The van der Waals surface area contributed by atoms with Crippen LogP contribution in [0.2, 0.25) is 5.02 Å². The van der Waals surface area contributed by atoms with Crippen LogP contribution in [0.1, 0.15) is 29.8 Å². The quantitative estimate of drug-likeness (QED) is 0.448. The predicted octanol–water partition coefficient (Wildman–Crippen LogP) is 3.14. The fraction of sp³-hybridized carbons (Fsp3) is 0.409. The van der Waals surface area contributed by atoms with Crippen LogP contribution in [0.25, 0.3) is 0 Å². The molecule has 0 fully saturated rings. The molecule has 1 heterocycles. The van der Waals surface area contributed by atoms with Crippen molar-refractivity contribution in [2.75, 3.05) is 19.8 Å². The summed E-state index contributed by atoms with van der Waals surface area (Å²) in [5, 5.41) is 20.8. The Morgan fingerprint density at radius 2 is 2.03 bits per heavy atom. The van der Waals surface area contributed by atoms with Crippen molar-refractivity contribution in [2.45, 2.75) is 38.5 Å². The van der Waals surface area contributed by atoms with Crippen LogP contribution in [0.5, 0.6) is 11.5 Å². The van der Waals surface area contributed by atoms with Crippen molar-refractivity contribution in [2.24, 2.45) is 0 Å². The topological polar surface area (TPSA) is 111 Å². The second-order valence-electron chi connectivity index (χ2n) is 7.73. The second kappa shape index (κ2) is 10.5. The maximum Gasteiger partial charge on any atom is 0.294 e. The summed E-state index contributed by atoms with van der Waals surface area (Å²) in [6.45, 7) is 3.77. The highest BCUT2D eigenvalue weighted by Gasteiger charge is 2.26. The first kappa shape index (κ1) is 23.6. The molecule has 172 valence electrons. The van der Waals surface area contributed by atoms with Crippen LogP contribution >= 0.6 is 11.6 Å². The molecule has 0 aromatic heterocycles. The zero-order valence-corrected chi connectivity index (χ0v) is 18.5. The van der Waals surface area contributed by atoms with Gasteiger partial charge in [-0.1, -0.05) is 23.7 Å². The number of nitrogens with zero attached hydrogens (tertiary/aromatic N) is 2. The SMILES string of the molecule is CC(C)N(CC(O)COc1cccc2c1OCC(O[N+](=O)[O-])C2)C(=O)c1ccc(Cl)cc1. The van der Waals surface area contributed by atoms with Gasteiger partial charge in [0.1, 0.15) is 25.4 Å². The fourth-order valence-corrected chi connectivity index (χ4v) is 3.55. The minimum Gasteiger partial charge on any atom is -0.487 e. The van der Waals surface area contributed by atoms with E-state index >= 15 is 0 Å². The summed E-state index contributed by atoms with van der Waals surface area (Å²) in [6, 6.07) is 11.7. The van der Waals surface area contributed by atoms with E-state index in [9.17, 15) is 20.0 Å². The lowest BCUT2D eigenvalue weighted by molar-refractivity contribution is -0.769. The van der Waals surface area contributed by atoms with Gasteiger partial charge in [0.25, 0.3) is 11.0 Å². The van der Waals surface area contributed by atoms with Crippen molar-refractivity contribution in [1.82, 2.24) is 4.90 Å². The molecule has 2 aromatic rings. The second-order valence-corrected chi connectivity index (χ2v) is 8.17. The number of hydrogen-bond acceptors (Lipinski definition) is 7. The Labute approximate surface area is 190 Å². The van der Waals surface area contributed by atoms with Gasteiger partial charge in [0.15, 0.2) is 11.5 Å². The molecule has 32 heavy (non-hydrogen) atoms. The fourth-order valence-electron chi connectivity index (χ4n) is 3.42. The largest absolute Gasteiger partial charge is 0.487 e. The first-order valence-corrected chi connectivity index (χ1v) is 10.6. The van der Waals surface area contributed by atoms with Crippen LogP contribution in [0.15, 0.2) is 42.5 Å². The average molecular weight is 465 g/mol. The lowest BCUT2D eigenvalue weighted by Gasteiger charge is -2.29. The Bertz CT molecular complexity index is 952. The average Bonchev–Trinajstić information content (AvgIpc) is 2.75. The zero-order chi connectivity index (χ0) is 23.3. The Morgan fingerprint density at radius 1 is 1.31 bits per heavy atom. The number of carbonyl (C=O) groups excluding carboxylic acids is 1. The van der Waals surface area contributed by atoms with Gasteiger partial charge < -0.3 is 24.3 Å². The van der Waals surface area contributed by atoms with Crippen LogP contribution < -0.4 is 9.47 Å². The van der Waals surface area contributed by atoms with Crippen molar-refractivity contribution in [3.63, 3.8) is 0 Å². The van der Waals surface area contributed by atoms with E-state index in [4.69, 9.17) is 21.1 Å². The Kier molecular flexibility index (Phi) is 7.76. The van der Waals surface area contributed by atoms with Crippen LogP contribution in [0.4, 0.5) is 0 Å². The number of ether oxygens (including phenoxy) is 2. The first-order chi connectivity index (χ1) is 15.2. The molecule has 9 nitrogen and oxygen atoms in total. The van der Waals surface area contributed by atoms with Crippen molar-refractivity contribution in [3.8, 4) is 11.5 Å². The van der Waals surface area contributed by atoms with Crippen molar-refractivity contribution < 1.29 is 29.3 Å². The third kappa shape index (κ3) is 6.02. The molecule has 0 aliphatic carbocycles. The summed E-state index contributed by atoms with van der Waals surface area (Å²) < 4.78 is 11.4. The van der Waals surface area contributed by atoms with Crippen LogP contribution in [-0.4, -0.2) is 59.0 Å². The van der Waals surface area contributed by atoms with Gasteiger partial charge in [0.05, 0.1) is 6.54 Å². The summed E-state index contributed by atoms with van der Waals surface area (Å²) in [4.78, 5) is 29.6. The number of aliphatic hydroxyl groups is 1. The van der Waals surface area contributed by atoms with Gasteiger partial charge >= 0.3 is 0 Å². The van der Waals surface area contributed by atoms with Crippen LogP contribution in [0, 0.1) is 10.1 Å². The molecule has 0 spiro atoms. The lowest BCUT2D eigenvalue weighted by atomic mass is 10.0. The third-order valence-corrected chi connectivity index (χ3v) is 5.22. The van der Waals surface area contributed by atoms with E-state index in [1.54, 1.807) is 47.4 Å². The first-order valence-electron chi connectivity index (χ1n) is 10.2. The molecular weight excluding hydrogens is 440 g/mol. The summed E-state index contributed by atoms with van der Waals surface area (Å²) >= 11 is 5.89. The predicted molar refractivity (Wildman–Crippen MR) is 117 cm³/mol. The number of hydrogen-bond donors (Lipinski definition) is 1. The monoisotopic (exact) mass is 464 g/mol. The smallest absolute Gasteiger partial charge is 0.294 e. The molecule has 1 N–H and O–H groups in total.